The van der Waals surface area contributed by atoms with Crippen molar-refractivity contribution in [2.75, 3.05) is 4.90 Å². The molecule has 3 aromatic heterocycles. The molecule has 1 aliphatic heterocycles. The second-order valence-corrected chi connectivity index (χ2v) is 18.3. The minimum absolute atomic E-state index is 0.203. The van der Waals surface area contributed by atoms with Crippen LogP contribution in [0.25, 0.3) is 103 Å². The van der Waals surface area contributed by atoms with Crippen molar-refractivity contribution >= 4 is 86.6 Å². The lowest BCUT2D eigenvalue weighted by Crippen LogP contribution is -2.28. The van der Waals surface area contributed by atoms with Gasteiger partial charge in [-0.2, -0.15) is 0 Å². The maximum absolute atomic E-state index is 6.13. The van der Waals surface area contributed by atoms with Gasteiger partial charge in [-0.05, 0) is 118 Å². The standard InChI is InChI=1S/C60H38N2OS/c1-5-13-53-45(9-1)47-29-21-41(35-55(47)61(53)43-25-17-37(18-26-43)39-23-31-58-51(33-39)49-11-3-7-15-57(49)63-58)42-22-30-48-46-10-2-6-14-54(46)62(56(48)36-42)44-27-19-38(20-28-44)40-24-32-60-52(34-40)50-12-4-8-16-59(50)64-60/h1-36,45,53H. The molecule has 0 N–H and O–H groups in total. The predicted octanol–water partition coefficient (Wildman–Crippen LogP) is 16.8. The van der Waals surface area contributed by atoms with Gasteiger partial charge in [0.15, 0.2) is 0 Å². The molecule has 0 spiro atoms. The van der Waals surface area contributed by atoms with Gasteiger partial charge in [0.05, 0.1) is 17.1 Å². The fourth-order valence-corrected chi connectivity index (χ4v) is 11.8. The van der Waals surface area contributed by atoms with Gasteiger partial charge in [0, 0.05) is 64.7 Å². The van der Waals surface area contributed by atoms with E-state index in [0.717, 1.165) is 27.6 Å². The summed E-state index contributed by atoms with van der Waals surface area (Å²) in [5.74, 6) is 0.282. The lowest BCUT2D eigenvalue weighted by molar-refractivity contribution is 0.669. The van der Waals surface area contributed by atoms with E-state index in [-0.39, 0.29) is 12.0 Å². The third-order valence-electron chi connectivity index (χ3n) is 13.8. The second-order valence-electron chi connectivity index (χ2n) is 17.2. The summed E-state index contributed by atoms with van der Waals surface area (Å²) < 4.78 is 11.2. The Kier molecular flexibility index (Phi) is 7.68. The molecule has 0 saturated heterocycles. The SMILES string of the molecule is C1=CC2c3ccc(-c4ccc5c6ccccc6n(-c6ccc(-c7ccc8sc9ccccc9c8c7)cc6)c5c4)cc3N(c3ccc(-c4ccc5oc6ccccc6c5c4)cc3)C2C=C1. The molecule has 2 unspecified atom stereocenters. The van der Waals surface area contributed by atoms with Gasteiger partial charge in [0.1, 0.15) is 11.2 Å². The largest absolute Gasteiger partial charge is 0.456 e. The third-order valence-corrected chi connectivity index (χ3v) is 14.9. The first-order valence-corrected chi connectivity index (χ1v) is 22.9. The van der Waals surface area contributed by atoms with Crippen LogP contribution in [-0.2, 0) is 0 Å². The zero-order valence-corrected chi connectivity index (χ0v) is 35.5. The number of nitrogens with zero attached hydrogens (tertiary/aromatic N) is 2. The molecule has 9 aromatic carbocycles. The molecule has 4 heterocycles. The van der Waals surface area contributed by atoms with Crippen LogP contribution in [-0.4, -0.2) is 10.6 Å². The normalized spacial score (nSPS) is 15.7. The van der Waals surface area contributed by atoms with Gasteiger partial charge < -0.3 is 13.9 Å². The monoisotopic (exact) mass is 834 g/mol. The number of aromatic nitrogens is 1. The lowest BCUT2D eigenvalue weighted by atomic mass is 9.90. The fourth-order valence-electron chi connectivity index (χ4n) is 10.7. The highest BCUT2D eigenvalue weighted by molar-refractivity contribution is 7.25. The Balaban J connectivity index is 0.836. The van der Waals surface area contributed by atoms with E-state index in [2.05, 4.69) is 216 Å². The molecule has 14 rings (SSSR count). The molecular formula is C60H38N2OS. The predicted molar refractivity (Wildman–Crippen MR) is 271 cm³/mol. The number of allylic oxidation sites excluding steroid dienone is 2. The molecule has 0 fully saturated rings. The summed E-state index contributed by atoms with van der Waals surface area (Å²) in [4.78, 5) is 2.54. The number of benzene rings is 9. The fraction of sp³-hybridized carbons (Fsp3) is 0.0333. The lowest BCUT2D eigenvalue weighted by Gasteiger charge is -2.29. The molecule has 64 heavy (non-hydrogen) atoms. The zero-order chi connectivity index (χ0) is 41.9. The van der Waals surface area contributed by atoms with Gasteiger partial charge >= 0.3 is 0 Å². The van der Waals surface area contributed by atoms with Gasteiger partial charge in [-0.3, -0.25) is 0 Å². The van der Waals surface area contributed by atoms with Gasteiger partial charge in [-0.25, -0.2) is 0 Å². The number of para-hydroxylation sites is 2. The maximum Gasteiger partial charge on any atom is 0.135 e. The Labute approximate surface area is 373 Å². The first-order chi connectivity index (χ1) is 31.7. The van der Waals surface area contributed by atoms with Gasteiger partial charge in [0.2, 0.25) is 0 Å². The first kappa shape index (κ1) is 35.7. The van der Waals surface area contributed by atoms with Gasteiger partial charge in [-0.15, -0.1) is 11.3 Å². The number of hydrogen-bond acceptors (Lipinski definition) is 3. The third kappa shape index (κ3) is 5.39. The summed E-state index contributed by atoms with van der Waals surface area (Å²) in [6.45, 7) is 0. The van der Waals surface area contributed by atoms with Crippen LogP contribution in [0.4, 0.5) is 11.4 Å². The van der Waals surface area contributed by atoms with Crippen molar-refractivity contribution in [2.24, 2.45) is 0 Å². The summed E-state index contributed by atoms with van der Waals surface area (Å²) >= 11 is 1.86. The number of hydrogen-bond donors (Lipinski definition) is 0. The minimum Gasteiger partial charge on any atom is -0.456 e. The molecule has 2 aliphatic rings. The minimum atomic E-state index is 0.203. The number of thiophene rings is 1. The van der Waals surface area contributed by atoms with Gasteiger partial charge in [-0.1, -0.05) is 140 Å². The van der Waals surface area contributed by atoms with Crippen molar-refractivity contribution in [2.45, 2.75) is 12.0 Å². The van der Waals surface area contributed by atoms with E-state index in [1.54, 1.807) is 0 Å². The molecule has 4 heteroatoms. The molecule has 0 bridgehead atoms. The molecule has 3 nitrogen and oxygen atoms in total. The van der Waals surface area contributed by atoms with Crippen LogP contribution in [0, 0.1) is 0 Å². The summed E-state index contributed by atoms with van der Waals surface area (Å²) in [7, 11) is 0. The van der Waals surface area contributed by atoms with E-state index in [0.29, 0.717) is 0 Å². The molecule has 1 aliphatic carbocycles. The van der Waals surface area contributed by atoms with Crippen LogP contribution < -0.4 is 4.90 Å². The second kappa shape index (κ2) is 13.8. The first-order valence-electron chi connectivity index (χ1n) is 22.1. The summed E-state index contributed by atoms with van der Waals surface area (Å²) in [6, 6.07) is 71.8. The quantitative estimate of drug-likeness (QED) is 0.172. The van der Waals surface area contributed by atoms with E-state index in [1.807, 2.05) is 23.5 Å². The van der Waals surface area contributed by atoms with Crippen LogP contribution in [0.2, 0.25) is 0 Å². The van der Waals surface area contributed by atoms with Crippen molar-refractivity contribution in [1.82, 2.24) is 4.57 Å². The van der Waals surface area contributed by atoms with Crippen molar-refractivity contribution < 1.29 is 4.42 Å². The number of rotatable bonds is 5. The van der Waals surface area contributed by atoms with Crippen LogP contribution >= 0.6 is 11.3 Å². The number of fused-ring (bicyclic) bond motifs is 12. The topological polar surface area (TPSA) is 21.3 Å². The Morgan fingerprint density at radius 2 is 0.984 bits per heavy atom. The van der Waals surface area contributed by atoms with Crippen molar-refractivity contribution in [3.8, 4) is 39.1 Å². The van der Waals surface area contributed by atoms with Crippen molar-refractivity contribution in [3.63, 3.8) is 0 Å². The van der Waals surface area contributed by atoms with E-state index < -0.39 is 0 Å². The zero-order valence-electron chi connectivity index (χ0n) is 34.7. The average molecular weight is 835 g/mol. The van der Waals surface area contributed by atoms with Crippen molar-refractivity contribution in [1.29, 1.82) is 0 Å². The average Bonchev–Trinajstić information content (AvgIpc) is 4.11. The van der Waals surface area contributed by atoms with E-state index >= 15 is 0 Å². The highest BCUT2D eigenvalue weighted by Crippen LogP contribution is 2.50. The number of anilines is 2. The van der Waals surface area contributed by atoms with Crippen LogP contribution in [0.15, 0.2) is 223 Å². The molecule has 0 amide bonds. The van der Waals surface area contributed by atoms with Crippen LogP contribution in [0.1, 0.15) is 11.5 Å². The molecule has 0 saturated carbocycles. The Morgan fingerprint density at radius 1 is 0.391 bits per heavy atom. The molecular weight excluding hydrogens is 797 g/mol. The summed E-state index contributed by atoms with van der Waals surface area (Å²) in [5.41, 5.74) is 16.4. The van der Waals surface area contributed by atoms with E-state index in [1.165, 1.54) is 92.3 Å². The highest BCUT2D eigenvalue weighted by atomic mass is 32.1. The van der Waals surface area contributed by atoms with Crippen LogP contribution in [0.5, 0.6) is 0 Å². The Morgan fingerprint density at radius 3 is 1.84 bits per heavy atom. The van der Waals surface area contributed by atoms with E-state index in [4.69, 9.17) is 4.42 Å². The van der Waals surface area contributed by atoms with E-state index in [9.17, 15) is 0 Å². The van der Waals surface area contributed by atoms with Crippen molar-refractivity contribution in [3.05, 3.63) is 224 Å². The molecule has 2 atom stereocenters. The van der Waals surface area contributed by atoms with Crippen LogP contribution in [0.3, 0.4) is 0 Å². The Bertz CT molecular complexity index is 3920. The molecule has 300 valence electrons. The maximum atomic E-state index is 6.13. The Hall–Kier alpha value is -7.92. The number of furan rings is 1. The molecule has 12 aromatic rings. The molecule has 0 radical (unpaired) electrons. The summed E-state index contributed by atoms with van der Waals surface area (Å²) in [5, 5.41) is 7.46. The smallest absolute Gasteiger partial charge is 0.135 e. The highest BCUT2D eigenvalue weighted by Gasteiger charge is 2.37. The summed E-state index contributed by atoms with van der Waals surface area (Å²) in [6.07, 6.45) is 9.11. The van der Waals surface area contributed by atoms with Gasteiger partial charge in [0.25, 0.3) is 0 Å².